The number of para-hydroxylation sites is 1. The SMILES string of the molecule is C.O=C([O-])c1cccc2c1OC1C(C(=O)[O-])Nc3cc(Cl)cc(Cl)c3C21. The molecule has 4 rings (SSSR count). The number of carboxylic acid groups (broad SMARTS) is 2. The zero-order chi connectivity index (χ0) is 17.9. The van der Waals surface area contributed by atoms with E-state index in [1.807, 2.05) is 0 Å². The van der Waals surface area contributed by atoms with Crippen LogP contribution in [-0.4, -0.2) is 24.1 Å². The number of nitrogens with one attached hydrogen (secondary N) is 1. The van der Waals surface area contributed by atoms with Crippen LogP contribution in [0.3, 0.4) is 0 Å². The largest absolute Gasteiger partial charge is 0.548 e. The van der Waals surface area contributed by atoms with Crippen LogP contribution in [-0.2, 0) is 4.79 Å². The Morgan fingerprint density at radius 2 is 1.88 bits per heavy atom. The van der Waals surface area contributed by atoms with Crippen molar-refractivity contribution in [2.75, 3.05) is 5.32 Å². The molecule has 0 radical (unpaired) electrons. The molecule has 0 amide bonds. The third-order valence-corrected chi connectivity index (χ3v) is 5.01. The third-order valence-electron chi connectivity index (χ3n) is 4.48. The molecule has 3 unspecified atom stereocenters. The van der Waals surface area contributed by atoms with Crippen LogP contribution in [0.25, 0.3) is 0 Å². The molecule has 0 saturated heterocycles. The van der Waals surface area contributed by atoms with Crippen molar-refractivity contribution in [2.24, 2.45) is 0 Å². The Labute approximate surface area is 159 Å². The standard InChI is InChI=1S/C17H11Cl2NO5.CH4/c18-6-4-9(19)12-10(5-6)20-13(17(23)24)15-11(12)7-2-1-3-8(16(21)22)14(7)25-15;/h1-5,11,13,15,20H,(H,21,22)(H,23,24);1H4/p-2. The zero-order valence-corrected chi connectivity index (χ0v) is 13.9. The summed E-state index contributed by atoms with van der Waals surface area (Å²) in [6.07, 6.45) is -0.910. The fourth-order valence-electron chi connectivity index (χ4n) is 3.52. The number of fused-ring (bicyclic) bond motifs is 5. The van der Waals surface area contributed by atoms with Crippen LogP contribution in [0.15, 0.2) is 30.3 Å². The summed E-state index contributed by atoms with van der Waals surface area (Å²) in [6, 6.07) is 6.48. The Morgan fingerprint density at radius 3 is 2.54 bits per heavy atom. The average Bonchev–Trinajstić information content (AvgIpc) is 2.92. The number of hydrogen-bond donors (Lipinski definition) is 1. The van der Waals surface area contributed by atoms with Crippen LogP contribution in [0, 0.1) is 0 Å². The van der Waals surface area contributed by atoms with Gasteiger partial charge in [-0.2, -0.15) is 0 Å². The summed E-state index contributed by atoms with van der Waals surface area (Å²) >= 11 is 12.4. The van der Waals surface area contributed by atoms with Gasteiger partial charge in [-0.15, -0.1) is 0 Å². The van der Waals surface area contributed by atoms with E-state index in [1.54, 1.807) is 24.3 Å². The van der Waals surface area contributed by atoms with E-state index in [0.717, 1.165) is 0 Å². The number of aromatic carboxylic acids is 1. The minimum Gasteiger partial charge on any atom is -0.548 e. The van der Waals surface area contributed by atoms with Gasteiger partial charge in [-0.3, -0.25) is 0 Å². The van der Waals surface area contributed by atoms with Gasteiger partial charge in [-0.05, 0) is 18.2 Å². The number of ether oxygens (including phenoxy) is 1. The molecule has 2 aliphatic rings. The highest BCUT2D eigenvalue weighted by molar-refractivity contribution is 6.35. The van der Waals surface area contributed by atoms with Gasteiger partial charge in [-0.1, -0.05) is 42.8 Å². The van der Waals surface area contributed by atoms with Crippen LogP contribution >= 0.6 is 23.2 Å². The van der Waals surface area contributed by atoms with Crippen molar-refractivity contribution in [2.45, 2.75) is 25.5 Å². The number of carboxylic acids is 2. The lowest BCUT2D eigenvalue weighted by molar-refractivity contribution is -0.308. The van der Waals surface area contributed by atoms with Gasteiger partial charge in [0, 0.05) is 32.4 Å². The Kier molecular flexibility index (Phi) is 4.50. The fourth-order valence-corrected chi connectivity index (χ4v) is 4.13. The van der Waals surface area contributed by atoms with Crippen molar-refractivity contribution in [1.29, 1.82) is 0 Å². The van der Waals surface area contributed by atoms with Crippen LogP contribution < -0.4 is 20.3 Å². The molecular formula is C18H13Cl2NO5-2. The maximum atomic E-state index is 11.6. The van der Waals surface area contributed by atoms with Gasteiger partial charge in [-0.25, -0.2) is 0 Å². The molecule has 0 aliphatic carbocycles. The van der Waals surface area contributed by atoms with Crippen LogP contribution in [0.2, 0.25) is 10.0 Å². The number of benzene rings is 2. The highest BCUT2D eigenvalue weighted by Crippen LogP contribution is 2.52. The first kappa shape index (κ1) is 18.4. The number of rotatable bonds is 2. The summed E-state index contributed by atoms with van der Waals surface area (Å²) in [5.41, 5.74) is 1.44. The normalized spacial score (nSPS) is 22.0. The second-order valence-corrected chi connectivity index (χ2v) is 6.71. The van der Waals surface area contributed by atoms with Gasteiger partial charge < -0.3 is 29.9 Å². The maximum absolute atomic E-state index is 11.6. The van der Waals surface area contributed by atoms with E-state index in [4.69, 9.17) is 27.9 Å². The Hall–Kier alpha value is -2.44. The Bertz CT molecular complexity index is 930. The highest BCUT2D eigenvalue weighted by Gasteiger charge is 2.47. The summed E-state index contributed by atoms with van der Waals surface area (Å²) < 4.78 is 5.72. The van der Waals surface area contributed by atoms with Gasteiger partial charge in [0.1, 0.15) is 17.9 Å². The second-order valence-electron chi connectivity index (χ2n) is 5.86. The van der Waals surface area contributed by atoms with Gasteiger partial charge in [0.25, 0.3) is 0 Å². The first-order chi connectivity index (χ1) is 11.9. The van der Waals surface area contributed by atoms with Gasteiger partial charge in [0.2, 0.25) is 0 Å². The minimum atomic E-state index is -1.41. The van der Waals surface area contributed by atoms with Crippen molar-refractivity contribution in [1.82, 2.24) is 0 Å². The first-order valence-electron chi connectivity index (χ1n) is 7.35. The van der Waals surface area contributed by atoms with Crippen LogP contribution in [0.5, 0.6) is 5.75 Å². The number of aliphatic carboxylic acids is 1. The lowest BCUT2D eigenvalue weighted by atomic mass is 9.81. The maximum Gasteiger partial charge on any atom is 0.135 e. The smallest absolute Gasteiger partial charge is 0.135 e. The quantitative estimate of drug-likeness (QED) is 0.827. The molecule has 2 aliphatic heterocycles. The van der Waals surface area contributed by atoms with Crippen molar-refractivity contribution >= 4 is 40.8 Å². The van der Waals surface area contributed by atoms with E-state index in [9.17, 15) is 19.8 Å². The number of carbonyl (C=O) groups excluding carboxylic acids is 2. The number of carbonyl (C=O) groups is 2. The summed E-state index contributed by atoms with van der Waals surface area (Å²) in [5.74, 6) is -3.27. The first-order valence-corrected chi connectivity index (χ1v) is 8.11. The Balaban J connectivity index is 0.00000196. The lowest BCUT2D eigenvalue weighted by Gasteiger charge is -2.37. The topological polar surface area (TPSA) is 102 Å². The lowest BCUT2D eigenvalue weighted by Crippen LogP contribution is -2.53. The molecule has 8 heteroatoms. The molecule has 2 aromatic rings. The molecule has 6 nitrogen and oxygen atoms in total. The molecule has 0 fully saturated rings. The number of halogens is 2. The summed E-state index contributed by atoms with van der Waals surface area (Å²) in [5, 5.41) is 26.4. The number of hydrogen-bond acceptors (Lipinski definition) is 6. The van der Waals surface area contributed by atoms with Crippen molar-refractivity contribution < 1.29 is 24.5 Å². The molecule has 3 atom stereocenters. The van der Waals surface area contributed by atoms with E-state index < -0.39 is 30.0 Å². The van der Waals surface area contributed by atoms with Crippen LogP contribution in [0.4, 0.5) is 5.69 Å². The predicted octanol–water partition coefficient (Wildman–Crippen LogP) is 1.43. The molecule has 0 spiro atoms. The third kappa shape index (κ3) is 2.57. The molecule has 2 aromatic carbocycles. The molecular weight excluding hydrogens is 381 g/mol. The van der Waals surface area contributed by atoms with E-state index >= 15 is 0 Å². The Morgan fingerprint density at radius 1 is 1.15 bits per heavy atom. The molecule has 2 heterocycles. The zero-order valence-electron chi connectivity index (χ0n) is 12.4. The van der Waals surface area contributed by atoms with E-state index in [2.05, 4.69) is 5.32 Å². The van der Waals surface area contributed by atoms with Crippen molar-refractivity contribution in [3.63, 3.8) is 0 Å². The number of anilines is 1. The second kappa shape index (κ2) is 6.37. The van der Waals surface area contributed by atoms with E-state index in [-0.39, 0.29) is 18.7 Å². The monoisotopic (exact) mass is 393 g/mol. The van der Waals surface area contributed by atoms with Crippen molar-refractivity contribution in [3.8, 4) is 5.75 Å². The van der Waals surface area contributed by atoms with Crippen molar-refractivity contribution in [3.05, 3.63) is 57.1 Å². The van der Waals surface area contributed by atoms with Gasteiger partial charge >= 0.3 is 0 Å². The molecule has 136 valence electrons. The molecule has 0 aromatic heterocycles. The fraction of sp³-hybridized carbons (Fsp3) is 0.222. The molecule has 1 N–H and O–H groups in total. The van der Waals surface area contributed by atoms with Gasteiger partial charge in [0.05, 0.1) is 17.9 Å². The van der Waals surface area contributed by atoms with E-state index in [0.29, 0.717) is 26.9 Å². The van der Waals surface area contributed by atoms with Gasteiger partial charge in [0.15, 0.2) is 0 Å². The molecule has 26 heavy (non-hydrogen) atoms. The highest BCUT2D eigenvalue weighted by atomic mass is 35.5. The predicted molar refractivity (Wildman–Crippen MR) is 92.6 cm³/mol. The summed E-state index contributed by atoms with van der Waals surface area (Å²) in [4.78, 5) is 23.0. The summed E-state index contributed by atoms with van der Waals surface area (Å²) in [7, 11) is 0. The average molecular weight is 394 g/mol. The van der Waals surface area contributed by atoms with Crippen LogP contribution in [0.1, 0.15) is 34.8 Å². The molecule has 0 saturated carbocycles. The molecule has 0 bridgehead atoms. The van der Waals surface area contributed by atoms with E-state index in [1.165, 1.54) is 6.07 Å². The summed E-state index contributed by atoms with van der Waals surface area (Å²) in [6.45, 7) is 0. The minimum absolute atomic E-state index is 0.